The lowest BCUT2D eigenvalue weighted by molar-refractivity contribution is -0.118. The summed E-state index contributed by atoms with van der Waals surface area (Å²) in [5, 5.41) is 5.18. The smallest absolute Gasteiger partial charge is 0.262 e. The minimum atomic E-state index is -2.82. The third kappa shape index (κ3) is 2.56. The topological polar surface area (TPSA) is 67.2 Å². The van der Waals surface area contributed by atoms with Crippen LogP contribution in [0.1, 0.15) is 31.1 Å². The minimum absolute atomic E-state index is 0.412. The summed E-state index contributed by atoms with van der Waals surface area (Å²) in [4.78, 5) is 16.4. The number of oxazole rings is 1. The number of carbonyl (C=O) groups excluding carboxylic acids is 1. The highest BCUT2D eigenvalue weighted by Gasteiger charge is 2.42. The zero-order valence-electron chi connectivity index (χ0n) is 11.7. The van der Waals surface area contributed by atoms with Crippen molar-refractivity contribution in [3.63, 3.8) is 0 Å². The van der Waals surface area contributed by atoms with Gasteiger partial charge in [-0.15, -0.1) is 0 Å². The van der Waals surface area contributed by atoms with Crippen molar-refractivity contribution >= 4 is 22.7 Å². The summed E-state index contributed by atoms with van der Waals surface area (Å²) >= 11 is 0. The SMILES string of the molecule is O=C(Nc1ccc2nc(C3CC3)oc2c1)C1CC(F)(F)CN1. The van der Waals surface area contributed by atoms with Crippen LogP contribution in [0.3, 0.4) is 0 Å². The maximum absolute atomic E-state index is 13.1. The Labute approximate surface area is 125 Å². The lowest BCUT2D eigenvalue weighted by Crippen LogP contribution is -2.35. The minimum Gasteiger partial charge on any atom is -0.440 e. The van der Waals surface area contributed by atoms with Gasteiger partial charge in [-0.3, -0.25) is 10.1 Å². The van der Waals surface area contributed by atoms with Crippen LogP contribution in [0.2, 0.25) is 0 Å². The van der Waals surface area contributed by atoms with Crippen molar-refractivity contribution in [2.24, 2.45) is 0 Å². The molecule has 1 unspecified atom stereocenters. The fraction of sp³-hybridized carbons (Fsp3) is 0.467. The zero-order chi connectivity index (χ0) is 15.3. The summed E-state index contributed by atoms with van der Waals surface area (Å²) in [6, 6.07) is 4.27. The van der Waals surface area contributed by atoms with Crippen molar-refractivity contribution in [2.45, 2.75) is 37.1 Å². The standard InChI is InChI=1S/C15H15F2N3O2/c16-15(17)6-11(18-7-15)13(21)19-9-3-4-10-12(5-9)22-14(20-10)8-1-2-8/h3-5,8,11,18H,1-2,6-7H2,(H,19,21). The predicted octanol–water partition coefficient (Wildman–Crippen LogP) is 2.64. The van der Waals surface area contributed by atoms with Gasteiger partial charge in [0.25, 0.3) is 5.92 Å². The van der Waals surface area contributed by atoms with E-state index in [1.165, 1.54) is 0 Å². The molecule has 0 bridgehead atoms. The van der Waals surface area contributed by atoms with Gasteiger partial charge in [0.15, 0.2) is 11.5 Å². The van der Waals surface area contributed by atoms with Gasteiger partial charge in [-0.25, -0.2) is 13.8 Å². The van der Waals surface area contributed by atoms with Crippen LogP contribution in [0.4, 0.5) is 14.5 Å². The number of halogens is 2. The summed E-state index contributed by atoms with van der Waals surface area (Å²) in [5.41, 5.74) is 1.86. The Morgan fingerprint density at radius 3 is 2.91 bits per heavy atom. The van der Waals surface area contributed by atoms with E-state index in [1.54, 1.807) is 18.2 Å². The maximum Gasteiger partial charge on any atom is 0.262 e. The Hall–Kier alpha value is -2.02. The Kier molecular flexibility index (Phi) is 2.94. The highest BCUT2D eigenvalue weighted by Crippen LogP contribution is 2.40. The molecule has 1 aliphatic carbocycles. The maximum atomic E-state index is 13.1. The van der Waals surface area contributed by atoms with Crippen molar-refractivity contribution < 1.29 is 18.0 Å². The Bertz CT molecular complexity index is 739. The summed E-state index contributed by atoms with van der Waals surface area (Å²) in [6.45, 7) is -0.461. The molecule has 5 nitrogen and oxygen atoms in total. The Morgan fingerprint density at radius 2 is 2.23 bits per heavy atom. The summed E-state index contributed by atoms with van der Waals surface area (Å²) in [6.07, 6.45) is 1.71. The van der Waals surface area contributed by atoms with Crippen LogP contribution in [-0.4, -0.2) is 29.4 Å². The molecule has 116 valence electrons. The van der Waals surface area contributed by atoms with E-state index in [4.69, 9.17) is 4.42 Å². The van der Waals surface area contributed by atoms with Gasteiger partial charge in [0, 0.05) is 24.1 Å². The van der Waals surface area contributed by atoms with Gasteiger partial charge < -0.3 is 9.73 Å². The number of alkyl halides is 2. The number of carbonyl (C=O) groups is 1. The lowest BCUT2D eigenvalue weighted by atomic mass is 10.2. The molecule has 4 rings (SSSR count). The highest BCUT2D eigenvalue weighted by molar-refractivity contribution is 5.96. The van der Waals surface area contributed by atoms with Gasteiger partial charge in [-0.2, -0.15) is 0 Å². The number of anilines is 1. The average Bonchev–Trinajstić information content (AvgIpc) is 3.13. The van der Waals surface area contributed by atoms with Gasteiger partial charge in [-0.05, 0) is 25.0 Å². The molecule has 7 heteroatoms. The van der Waals surface area contributed by atoms with Crippen LogP contribution >= 0.6 is 0 Å². The third-order valence-corrected chi connectivity index (χ3v) is 4.03. The zero-order valence-corrected chi connectivity index (χ0v) is 11.7. The van der Waals surface area contributed by atoms with Crippen molar-refractivity contribution in [1.29, 1.82) is 0 Å². The van der Waals surface area contributed by atoms with Crippen molar-refractivity contribution in [1.82, 2.24) is 10.3 Å². The molecule has 1 saturated carbocycles. The number of amides is 1. The van der Waals surface area contributed by atoms with Gasteiger partial charge in [0.2, 0.25) is 5.91 Å². The van der Waals surface area contributed by atoms with E-state index in [2.05, 4.69) is 15.6 Å². The number of rotatable bonds is 3. The molecule has 1 saturated heterocycles. The largest absolute Gasteiger partial charge is 0.440 e. The van der Waals surface area contributed by atoms with Crippen LogP contribution in [0.15, 0.2) is 22.6 Å². The quantitative estimate of drug-likeness (QED) is 0.915. The molecule has 0 radical (unpaired) electrons. The molecule has 1 amide bonds. The van der Waals surface area contributed by atoms with Crippen molar-refractivity contribution in [3.8, 4) is 0 Å². The number of nitrogens with zero attached hydrogens (tertiary/aromatic N) is 1. The van der Waals surface area contributed by atoms with E-state index in [1.807, 2.05) is 0 Å². The molecule has 2 heterocycles. The first kappa shape index (κ1) is 13.6. The number of nitrogens with one attached hydrogen (secondary N) is 2. The van der Waals surface area contributed by atoms with Gasteiger partial charge >= 0.3 is 0 Å². The molecule has 22 heavy (non-hydrogen) atoms. The number of fused-ring (bicyclic) bond motifs is 1. The first-order valence-electron chi connectivity index (χ1n) is 7.33. The number of aromatic nitrogens is 1. The van der Waals surface area contributed by atoms with E-state index >= 15 is 0 Å². The van der Waals surface area contributed by atoms with Gasteiger partial charge in [0.05, 0.1) is 12.6 Å². The molecular formula is C15H15F2N3O2. The van der Waals surface area contributed by atoms with Crippen LogP contribution in [0, 0.1) is 0 Å². The fourth-order valence-electron chi connectivity index (χ4n) is 2.66. The second-order valence-electron chi connectivity index (χ2n) is 5.99. The predicted molar refractivity (Wildman–Crippen MR) is 76.0 cm³/mol. The number of hydrogen-bond acceptors (Lipinski definition) is 4. The molecule has 1 atom stereocenters. The van der Waals surface area contributed by atoms with E-state index in [0.717, 1.165) is 24.2 Å². The summed E-state index contributed by atoms with van der Waals surface area (Å²) < 4.78 is 31.9. The van der Waals surface area contributed by atoms with Crippen LogP contribution in [0.5, 0.6) is 0 Å². The van der Waals surface area contributed by atoms with Crippen LogP contribution < -0.4 is 10.6 Å². The van der Waals surface area contributed by atoms with Crippen LogP contribution in [0.25, 0.3) is 11.1 Å². The second kappa shape index (κ2) is 4.74. The second-order valence-corrected chi connectivity index (χ2v) is 5.99. The van der Waals surface area contributed by atoms with E-state index < -0.39 is 30.8 Å². The van der Waals surface area contributed by atoms with Crippen molar-refractivity contribution in [2.75, 3.05) is 11.9 Å². The highest BCUT2D eigenvalue weighted by atomic mass is 19.3. The molecule has 2 aromatic rings. The molecule has 2 N–H and O–H groups in total. The fourth-order valence-corrected chi connectivity index (χ4v) is 2.66. The normalized spacial score (nSPS) is 23.8. The number of benzene rings is 1. The first-order valence-corrected chi connectivity index (χ1v) is 7.33. The van der Waals surface area contributed by atoms with Gasteiger partial charge in [0.1, 0.15) is 5.52 Å². The molecule has 2 fully saturated rings. The van der Waals surface area contributed by atoms with E-state index in [9.17, 15) is 13.6 Å². The van der Waals surface area contributed by atoms with E-state index in [-0.39, 0.29) is 0 Å². The first-order chi connectivity index (χ1) is 10.5. The summed E-state index contributed by atoms with van der Waals surface area (Å²) in [7, 11) is 0. The Balaban J connectivity index is 1.50. The molecule has 2 aliphatic rings. The average molecular weight is 307 g/mol. The molecule has 1 aromatic heterocycles. The monoisotopic (exact) mass is 307 g/mol. The molecular weight excluding hydrogens is 292 g/mol. The number of hydrogen-bond donors (Lipinski definition) is 2. The molecule has 1 aromatic carbocycles. The molecule has 1 aliphatic heterocycles. The summed E-state index contributed by atoms with van der Waals surface area (Å²) in [5.74, 6) is -2.14. The van der Waals surface area contributed by atoms with Gasteiger partial charge in [-0.1, -0.05) is 0 Å². The molecule has 0 spiro atoms. The van der Waals surface area contributed by atoms with Crippen LogP contribution in [-0.2, 0) is 4.79 Å². The van der Waals surface area contributed by atoms with Crippen molar-refractivity contribution in [3.05, 3.63) is 24.1 Å². The Morgan fingerprint density at radius 1 is 1.41 bits per heavy atom. The third-order valence-electron chi connectivity index (χ3n) is 4.03. The van der Waals surface area contributed by atoms with E-state index in [0.29, 0.717) is 17.2 Å². The lowest BCUT2D eigenvalue weighted by Gasteiger charge is -2.11.